The van der Waals surface area contributed by atoms with Crippen molar-refractivity contribution in [1.29, 1.82) is 0 Å². The molecule has 21 heavy (non-hydrogen) atoms. The third-order valence-corrected chi connectivity index (χ3v) is 3.59. The molecule has 0 atom stereocenters. The lowest BCUT2D eigenvalue weighted by Crippen LogP contribution is -2.25. The minimum Gasteiger partial charge on any atom is -0.467 e. The second kappa shape index (κ2) is 5.44. The minimum absolute atomic E-state index is 0.0839. The molecule has 3 rings (SSSR count). The number of amides is 2. The summed E-state index contributed by atoms with van der Waals surface area (Å²) >= 11 is 0. The summed E-state index contributed by atoms with van der Waals surface area (Å²) in [4.78, 5) is 25.7. The lowest BCUT2D eigenvalue weighted by Gasteiger charge is -2.14. The largest absolute Gasteiger partial charge is 0.467 e. The van der Waals surface area contributed by atoms with E-state index < -0.39 is 0 Å². The van der Waals surface area contributed by atoms with Crippen molar-refractivity contribution in [1.82, 2.24) is 5.32 Å². The van der Waals surface area contributed by atoms with Crippen LogP contribution in [0, 0.1) is 0 Å². The summed E-state index contributed by atoms with van der Waals surface area (Å²) in [6.45, 7) is 2.94. The zero-order valence-corrected chi connectivity index (χ0v) is 11.8. The molecule has 0 saturated heterocycles. The van der Waals surface area contributed by atoms with Crippen LogP contribution in [0.5, 0.6) is 0 Å². The summed E-state index contributed by atoms with van der Waals surface area (Å²) in [5.41, 5.74) is 2.38. The first-order valence-electron chi connectivity index (χ1n) is 6.93. The van der Waals surface area contributed by atoms with Crippen LogP contribution < -0.4 is 10.2 Å². The zero-order valence-electron chi connectivity index (χ0n) is 11.8. The summed E-state index contributed by atoms with van der Waals surface area (Å²) in [7, 11) is 0. The first-order chi connectivity index (χ1) is 10.2. The Kier molecular flexibility index (Phi) is 3.48. The Balaban J connectivity index is 1.74. The molecule has 0 spiro atoms. The number of rotatable bonds is 4. The number of nitrogens with zero attached hydrogens (tertiary/aromatic N) is 1. The van der Waals surface area contributed by atoms with Gasteiger partial charge in [-0.2, -0.15) is 0 Å². The van der Waals surface area contributed by atoms with Crippen molar-refractivity contribution in [2.45, 2.75) is 19.9 Å². The van der Waals surface area contributed by atoms with Gasteiger partial charge in [0, 0.05) is 17.8 Å². The molecule has 0 bridgehead atoms. The van der Waals surface area contributed by atoms with E-state index in [1.54, 1.807) is 35.4 Å². The quantitative estimate of drug-likeness (QED) is 0.935. The Labute approximate surface area is 122 Å². The fourth-order valence-corrected chi connectivity index (χ4v) is 2.55. The Morgan fingerprint density at radius 2 is 2.24 bits per heavy atom. The van der Waals surface area contributed by atoms with Crippen LogP contribution in [0.15, 0.2) is 41.0 Å². The van der Waals surface area contributed by atoms with Gasteiger partial charge in [-0.05, 0) is 42.8 Å². The molecular weight excluding hydrogens is 268 g/mol. The van der Waals surface area contributed by atoms with Gasteiger partial charge in [-0.25, -0.2) is 0 Å². The van der Waals surface area contributed by atoms with Crippen LogP contribution in [-0.4, -0.2) is 18.4 Å². The van der Waals surface area contributed by atoms with Crippen molar-refractivity contribution >= 4 is 17.5 Å². The van der Waals surface area contributed by atoms with Crippen LogP contribution in [0.2, 0.25) is 0 Å². The average molecular weight is 284 g/mol. The maximum atomic E-state index is 12.1. The van der Waals surface area contributed by atoms with E-state index in [9.17, 15) is 9.59 Å². The fraction of sp³-hybridized carbons (Fsp3) is 0.250. The molecule has 2 heterocycles. The molecule has 1 aromatic carbocycles. The molecule has 2 aromatic rings. The van der Waals surface area contributed by atoms with Gasteiger partial charge in [0.25, 0.3) is 5.91 Å². The second-order valence-corrected chi connectivity index (χ2v) is 4.92. The van der Waals surface area contributed by atoms with Crippen molar-refractivity contribution < 1.29 is 14.0 Å². The third-order valence-electron chi connectivity index (χ3n) is 3.59. The molecule has 0 fully saturated rings. The second-order valence-electron chi connectivity index (χ2n) is 4.92. The van der Waals surface area contributed by atoms with E-state index in [1.165, 1.54) is 0 Å². The van der Waals surface area contributed by atoms with Crippen LogP contribution in [0.1, 0.15) is 28.6 Å². The Morgan fingerprint density at radius 3 is 2.95 bits per heavy atom. The minimum atomic E-state index is -0.170. The number of carbonyl (C=O) groups excluding carboxylic acids is 2. The van der Waals surface area contributed by atoms with Gasteiger partial charge in [-0.3, -0.25) is 9.59 Å². The zero-order chi connectivity index (χ0) is 14.8. The monoisotopic (exact) mass is 284 g/mol. The molecule has 1 aromatic heterocycles. The molecule has 1 aliphatic rings. The van der Waals surface area contributed by atoms with Crippen LogP contribution in [-0.2, 0) is 17.8 Å². The first kappa shape index (κ1) is 13.4. The molecular formula is C16H16N2O3. The van der Waals surface area contributed by atoms with Crippen molar-refractivity contribution in [3.63, 3.8) is 0 Å². The van der Waals surface area contributed by atoms with Gasteiger partial charge in [0.1, 0.15) is 5.76 Å². The normalized spacial score (nSPS) is 13.4. The van der Waals surface area contributed by atoms with E-state index in [4.69, 9.17) is 4.42 Å². The topological polar surface area (TPSA) is 62.6 Å². The molecule has 0 radical (unpaired) electrons. The first-order valence-corrected chi connectivity index (χ1v) is 6.93. The molecule has 2 amide bonds. The number of nitrogens with one attached hydrogen (secondary N) is 1. The number of fused-ring (bicyclic) bond motifs is 1. The van der Waals surface area contributed by atoms with Gasteiger partial charge >= 0.3 is 0 Å². The van der Waals surface area contributed by atoms with Gasteiger partial charge in [0.15, 0.2) is 0 Å². The number of hydrogen-bond acceptors (Lipinski definition) is 3. The number of hydrogen-bond donors (Lipinski definition) is 1. The maximum Gasteiger partial charge on any atom is 0.251 e. The summed E-state index contributed by atoms with van der Waals surface area (Å²) < 4.78 is 5.17. The number of benzene rings is 1. The van der Waals surface area contributed by atoms with Gasteiger partial charge in [0.05, 0.1) is 19.2 Å². The summed E-state index contributed by atoms with van der Waals surface area (Å²) in [5, 5.41) is 2.80. The number of likely N-dealkylation sites (N-methyl/N-ethyl adjacent to an activating group) is 1. The summed E-state index contributed by atoms with van der Waals surface area (Å²) in [6, 6.07) is 8.96. The number of furan rings is 1. The van der Waals surface area contributed by atoms with Crippen molar-refractivity contribution in [3.05, 3.63) is 53.5 Å². The van der Waals surface area contributed by atoms with Crippen molar-refractivity contribution in [2.24, 2.45) is 0 Å². The molecule has 1 N–H and O–H groups in total. The summed E-state index contributed by atoms with van der Waals surface area (Å²) in [5.74, 6) is 0.620. The average Bonchev–Trinajstić information content (AvgIpc) is 3.10. The van der Waals surface area contributed by atoms with Gasteiger partial charge in [-0.1, -0.05) is 0 Å². The van der Waals surface area contributed by atoms with Gasteiger partial charge < -0.3 is 14.6 Å². The van der Waals surface area contributed by atoms with E-state index in [0.717, 1.165) is 11.3 Å². The fourth-order valence-electron chi connectivity index (χ4n) is 2.55. The van der Waals surface area contributed by atoms with E-state index in [1.807, 2.05) is 13.0 Å². The predicted molar refractivity (Wildman–Crippen MR) is 78.1 cm³/mol. The SMILES string of the molecule is CCN1C(=O)Cc2cc(C(=O)NCc3ccco3)ccc21. The molecule has 5 heteroatoms. The molecule has 5 nitrogen and oxygen atoms in total. The smallest absolute Gasteiger partial charge is 0.251 e. The molecule has 0 aliphatic carbocycles. The van der Waals surface area contributed by atoms with Crippen LogP contribution >= 0.6 is 0 Å². The lowest BCUT2D eigenvalue weighted by molar-refractivity contribution is -0.117. The highest BCUT2D eigenvalue weighted by Crippen LogP contribution is 2.29. The van der Waals surface area contributed by atoms with Crippen molar-refractivity contribution in [3.8, 4) is 0 Å². The van der Waals surface area contributed by atoms with Crippen LogP contribution in [0.25, 0.3) is 0 Å². The van der Waals surface area contributed by atoms with Crippen LogP contribution in [0.3, 0.4) is 0 Å². The third kappa shape index (κ3) is 2.54. The van der Waals surface area contributed by atoms with Gasteiger partial charge in [-0.15, -0.1) is 0 Å². The molecule has 1 aliphatic heterocycles. The molecule has 108 valence electrons. The standard InChI is InChI=1S/C16H16N2O3/c1-2-18-14-6-5-11(8-12(14)9-15(18)19)16(20)17-10-13-4-3-7-21-13/h3-8H,2,9-10H2,1H3,(H,17,20). The molecule has 0 unspecified atom stereocenters. The van der Waals surface area contributed by atoms with E-state index >= 15 is 0 Å². The Morgan fingerprint density at radius 1 is 1.38 bits per heavy atom. The highest BCUT2D eigenvalue weighted by Gasteiger charge is 2.26. The lowest BCUT2D eigenvalue weighted by atomic mass is 10.1. The molecule has 0 saturated carbocycles. The van der Waals surface area contributed by atoms with Crippen molar-refractivity contribution in [2.75, 3.05) is 11.4 Å². The van der Waals surface area contributed by atoms with E-state index in [0.29, 0.717) is 30.8 Å². The predicted octanol–water partition coefficient (Wildman–Crippen LogP) is 2.12. The number of anilines is 1. The Hall–Kier alpha value is -2.56. The van der Waals surface area contributed by atoms with E-state index in [2.05, 4.69) is 5.32 Å². The van der Waals surface area contributed by atoms with Gasteiger partial charge in [0.2, 0.25) is 5.91 Å². The van der Waals surface area contributed by atoms with E-state index in [-0.39, 0.29) is 11.8 Å². The maximum absolute atomic E-state index is 12.1. The Bertz CT molecular complexity index is 677. The highest BCUT2D eigenvalue weighted by atomic mass is 16.3. The summed E-state index contributed by atoms with van der Waals surface area (Å²) in [6.07, 6.45) is 1.93. The highest BCUT2D eigenvalue weighted by molar-refractivity contribution is 6.03. The van der Waals surface area contributed by atoms with Crippen LogP contribution in [0.4, 0.5) is 5.69 Å². The number of carbonyl (C=O) groups is 2.